The molecule has 0 saturated heterocycles. The minimum Gasteiger partial charge on any atom is -0.496 e. The van der Waals surface area contributed by atoms with E-state index in [-0.39, 0.29) is 4.90 Å². The van der Waals surface area contributed by atoms with E-state index in [1.165, 1.54) is 0 Å². The first-order valence-corrected chi connectivity index (χ1v) is 8.48. The molecule has 0 amide bonds. The summed E-state index contributed by atoms with van der Waals surface area (Å²) < 4.78 is 33.0. The summed E-state index contributed by atoms with van der Waals surface area (Å²) in [7, 11) is -2.06. The largest absolute Gasteiger partial charge is 0.496 e. The Morgan fingerprint density at radius 1 is 0.909 bits per heavy atom. The van der Waals surface area contributed by atoms with Gasteiger partial charge in [0.25, 0.3) is 10.0 Å². The summed E-state index contributed by atoms with van der Waals surface area (Å²) in [5.74, 6) is 0.668. The summed E-state index contributed by atoms with van der Waals surface area (Å²) in [5.41, 5.74) is 4.35. The molecule has 2 aromatic rings. The lowest BCUT2D eigenvalue weighted by molar-refractivity contribution is 0.411. The van der Waals surface area contributed by atoms with Crippen LogP contribution in [0.2, 0.25) is 0 Å². The Labute approximate surface area is 132 Å². The standard InChI is InChI=1S/C17H21NO3S/c1-11-8-13(3)17(14(4)9-11)18-22(19,20)15-6-7-16(21-5)12(2)10-15/h6-10,18H,1-5H3. The Morgan fingerprint density at radius 2 is 1.50 bits per heavy atom. The highest BCUT2D eigenvalue weighted by Crippen LogP contribution is 2.27. The van der Waals surface area contributed by atoms with Gasteiger partial charge in [0, 0.05) is 0 Å². The predicted molar refractivity (Wildman–Crippen MR) is 89.2 cm³/mol. The van der Waals surface area contributed by atoms with Crippen LogP contribution in [0.4, 0.5) is 5.69 Å². The van der Waals surface area contributed by atoms with Crippen molar-refractivity contribution in [2.24, 2.45) is 0 Å². The van der Waals surface area contributed by atoms with E-state index in [2.05, 4.69) is 4.72 Å². The zero-order chi connectivity index (χ0) is 16.5. The highest BCUT2D eigenvalue weighted by molar-refractivity contribution is 7.92. The summed E-state index contributed by atoms with van der Waals surface area (Å²) in [6.45, 7) is 7.61. The van der Waals surface area contributed by atoms with Crippen molar-refractivity contribution >= 4 is 15.7 Å². The second kappa shape index (κ2) is 6.01. The molecule has 0 unspecified atom stereocenters. The van der Waals surface area contributed by atoms with Crippen LogP contribution in [0.25, 0.3) is 0 Å². The molecule has 5 heteroatoms. The number of benzene rings is 2. The van der Waals surface area contributed by atoms with E-state index in [9.17, 15) is 8.42 Å². The van der Waals surface area contributed by atoms with Crippen molar-refractivity contribution in [3.63, 3.8) is 0 Å². The van der Waals surface area contributed by atoms with Crippen LogP contribution in [-0.2, 0) is 10.0 Å². The summed E-state index contributed by atoms with van der Waals surface area (Å²) in [4.78, 5) is 0.227. The van der Waals surface area contributed by atoms with E-state index >= 15 is 0 Å². The maximum Gasteiger partial charge on any atom is 0.261 e. The van der Waals surface area contributed by atoms with Gasteiger partial charge in [-0.25, -0.2) is 8.42 Å². The van der Waals surface area contributed by atoms with E-state index in [1.807, 2.05) is 39.8 Å². The topological polar surface area (TPSA) is 55.4 Å². The normalized spacial score (nSPS) is 11.3. The molecule has 0 aliphatic rings. The van der Waals surface area contributed by atoms with Crippen molar-refractivity contribution in [1.82, 2.24) is 0 Å². The fourth-order valence-electron chi connectivity index (χ4n) is 2.55. The van der Waals surface area contributed by atoms with Crippen LogP contribution in [0.15, 0.2) is 35.2 Å². The first-order valence-electron chi connectivity index (χ1n) is 7.00. The van der Waals surface area contributed by atoms with Crippen LogP contribution in [0.3, 0.4) is 0 Å². The lowest BCUT2D eigenvalue weighted by atomic mass is 10.1. The molecule has 0 aliphatic carbocycles. The zero-order valence-corrected chi connectivity index (χ0v) is 14.3. The van der Waals surface area contributed by atoms with Crippen LogP contribution in [0.5, 0.6) is 5.75 Å². The fourth-order valence-corrected chi connectivity index (χ4v) is 3.84. The molecule has 1 N–H and O–H groups in total. The molecule has 0 radical (unpaired) electrons. The Kier molecular flexibility index (Phi) is 4.47. The number of hydrogen-bond donors (Lipinski definition) is 1. The van der Waals surface area contributed by atoms with E-state index in [0.29, 0.717) is 11.4 Å². The van der Waals surface area contributed by atoms with E-state index in [4.69, 9.17) is 4.74 Å². The van der Waals surface area contributed by atoms with Crippen molar-refractivity contribution in [3.8, 4) is 5.75 Å². The SMILES string of the molecule is COc1ccc(S(=O)(=O)Nc2c(C)cc(C)cc2C)cc1C. The van der Waals surface area contributed by atoms with Gasteiger partial charge in [-0.05, 0) is 62.6 Å². The Hall–Kier alpha value is -2.01. The van der Waals surface area contributed by atoms with Crippen molar-refractivity contribution in [3.05, 3.63) is 52.6 Å². The Morgan fingerprint density at radius 3 is 2.00 bits per heavy atom. The number of hydrogen-bond acceptors (Lipinski definition) is 3. The summed E-state index contributed by atoms with van der Waals surface area (Å²) in [5, 5.41) is 0. The summed E-state index contributed by atoms with van der Waals surface area (Å²) in [6, 6.07) is 8.75. The van der Waals surface area contributed by atoms with Crippen molar-refractivity contribution < 1.29 is 13.2 Å². The first kappa shape index (κ1) is 16.4. The number of ether oxygens (including phenoxy) is 1. The third-order valence-corrected chi connectivity index (χ3v) is 4.94. The molecule has 2 rings (SSSR count). The molecule has 0 fully saturated rings. The van der Waals surface area contributed by atoms with Gasteiger partial charge in [0.2, 0.25) is 0 Å². The molecule has 22 heavy (non-hydrogen) atoms. The first-order chi connectivity index (χ1) is 10.2. The van der Waals surface area contributed by atoms with Gasteiger partial charge >= 0.3 is 0 Å². The number of sulfonamides is 1. The van der Waals surface area contributed by atoms with Gasteiger partial charge < -0.3 is 4.74 Å². The Bertz CT molecular complexity index is 788. The number of methoxy groups -OCH3 is 1. The van der Waals surface area contributed by atoms with E-state index < -0.39 is 10.0 Å². The maximum atomic E-state index is 12.6. The average Bonchev–Trinajstić information content (AvgIpc) is 2.42. The highest BCUT2D eigenvalue weighted by Gasteiger charge is 2.18. The lowest BCUT2D eigenvalue weighted by Gasteiger charge is -2.15. The molecule has 4 nitrogen and oxygen atoms in total. The third kappa shape index (κ3) is 3.25. The molecule has 0 atom stereocenters. The second-order valence-corrected chi connectivity index (χ2v) is 7.19. The maximum absolute atomic E-state index is 12.6. The molecule has 2 aromatic carbocycles. The van der Waals surface area contributed by atoms with Gasteiger partial charge in [-0.15, -0.1) is 0 Å². The predicted octanol–water partition coefficient (Wildman–Crippen LogP) is 3.73. The van der Waals surface area contributed by atoms with Crippen LogP contribution in [0.1, 0.15) is 22.3 Å². The highest BCUT2D eigenvalue weighted by atomic mass is 32.2. The van der Waals surface area contributed by atoms with E-state index in [0.717, 1.165) is 22.3 Å². The summed E-state index contributed by atoms with van der Waals surface area (Å²) >= 11 is 0. The molecule has 0 aliphatic heterocycles. The number of rotatable bonds is 4. The molecule has 0 saturated carbocycles. The number of aryl methyl sites for hydroxylation is 4. The monoisotopic (exact) mass is 319 g/mol. The van der Waals surface area contributed by atoms with Gasteiger partial charge in [0.15, 0.2) is 0 Å². The zero-order valence-electron chi connectivity index (χ0n) is 13.5. The van der Waals surface area contributed by atoms with Crippen molar-refractivity contribution in [2.75, 3.05) is 11.8 Å². The Balaban J connectivity index is 2.42. The number of anilines is 1. The van der Waals surface area contributed by atoms with Crippen molar-refractivity contribution in [1.29, 1.82) is 0 Å². The minimum atomic E-state index is -3.62. The van der Waals surface area contributed by atoms with Gasteiger partial charge in [-0.1, -0.05) is 17.7 Å². The minimum absolute atomic E-state index is 0.227. The van der Waals surface area contributed by atoms with Crippen LogP contribution < -0.4 is 9.46 Å². The second-order valence-electron chi connectivity index (χ2n) is 5.51. The molecule has 0 spiro atoms. The molecular formula is C17H21NO3S. The molecule has 0 heterocycles. The van der Waals surface area contributed by atoms with E-state index in [1.54, 1.807) is 25.3 Å². The number of nitrogens with one attached hydrogen (secondary N) is 1. The summed E-state index contributed by atoms with van der Waals surface area (Å²) in [6.07, 6.45) is 0. The third-order valence-electron chi connectivity index (χ3n) is 3.59. The van der Waals surface area contributed by atoms with Gasteiger partial charge in [-0.3, -0.25) is 4.72 Å². The van der Waals surface area contributed by atoms with Crippen LogP contribution >= 0.6 is 0 Å². The molecule has 118 valence electrons. The smallest absolute Gasteiger partial charge is 0.261 e. The van der Waals surface area contributed by atoms with Gasteiger partial charge in [0.05, 0.1) is 17.7 Å². The van der Waals surface area contributed by atoms with Crippen LogP contribution in [-0.4, -0.2) is 15.5 Å². The van der Waals surface area contributed by atoms with Gasteiger partial charge in [0.1, 0.15) is 5.75 Å². The lowest BCUT2D eigenvalue weighted by Crippen LogP contribution is -2.15. The molecular weight excluding hydrogens is 298 g/mol. The quantitative estimate of drug-likeness (QED) is 0.934. The van der Waals surface area contributed by atoms with Crippen molar-refractivity contribution in [2.45, 2.75) is 32.6 Å². The van der Waals surface area contributed by atoms with Crippen LogP contribution in [0, 0.1) is 27.7 Å². The average molecular weight is 319 g/mol. The fraction of sp³-hybridized carbons (Fsp3) is 0.294. The molecule has 0 aromatic heterocycles. The molecule has 0 bridgehead atoms. The van der Waals surface area contributed by atoms with Gasteiger partial charge in [-0.2, -0.15) is 0 Å².